The van der Waals surface area contributed by atoms with Crippen molar-refractivity contribution in [1.29, 1.82) is 0 Å². The zero-order chi connectivity index (χ0) is 20.8. The molecular formula is C20H26NO5PS. The van der Waals surface area contributed by atoms with Gasteiger partial charge in [0.25, 0.3) is 10.0 Å². The lowest BCUT2D eigenvalue weighted by Crippen LogP contribution is -2.31. The summed E-state index contributed by atoms with van der Waals surface area (Å²) in [6, 6.07) is 15.0. The fraction of sp³-hybridized carbons (Fsp3) is 0.300. The molecule has 2 rings (SSSR count). The Balaban J connectivity index is 2.72. The van der Waals surface area contributed by atoms with Crippen molar-refractivity contribution >= 4 is 23.3 Å². The van der Waals surface area contributed by atoms with Crippen LogP contribution >= 0.6 is 7.60 Å². The molecule has 2 aromatic carbocycles. The molecule has 0 heterocycles. The first-order chi connectivity index (χ1) is 13.3. The lowest BCUT2D eigenvalue weighted by atomic mass is 10.2. The summed E-state index contributed by atoms with van der Waals surface area (Å²) in [4.78, 5) is 0.0841. The van der Waals surface area contributed by atoms with E-state index in [-0.39, 0.29) is 23.5 Å². The molecule has 152 valence electrons. The van der Waals surface area contributed by atoms with Crippen LogP contribution in [0.3, 0.4) is 0 Å². The Bertz CT molecular complexity index is 946. The fourth-order valence-corrected chi connectivity index (χ4v) is 6.41. The van der Waals surface area contributed by atoms with Gasteiger partial charge in [-0.2, -0.15) is 0 Å². The van der Waals surface area contributed by atoms with E-state index in [9.17, 15) is 13.0 Å². The number of benzene rings is 2. The molecule has 28 heavy (non-hydrogen) atoms. The van der Waals surface area contributed by atoms with Crippen molar-refractivity contribution in [3.05, 3.63) is 71.7 Å². The Labute approximate surface area is 167 Å². The average Bonchev–Trinajstić information content (AvgIpc) is 2.67. The highest BCUT2D eigenvalue weighted by Crippen LogP contribution is 2.58. The summed E-state index contributed by atoms with van der Waals surface area (Å²) in [5, 5.41) is 0. The van der Waals surface area contributed by atoms with Crippen molar-refractivity contribution in [1.82, 2.24) is 0 Å². The number of hydrogen-bond acceptors (Lipinski definition) is 5. The third-order valence-corrected chi connectivity index (χ3v) is 8.00. The molecule has 0 aliphatic rings. The van der Waals surface area contributed by atoms with Crippen LogP contribution in [0.25, 0.3) is 0 Å². The maximum atomic E-state index is 13.6. The molecule has 6 nitrogen and oxygen atoms in total. The third-order valence-electron chi connectivity index (χ3n) is 3.89. The van der Waals surface area contributed by atoms with Crippen LogP contribution in [0.15, 0.2) is 71.0 Å². The van der Waals surface area contributed by atoms with Gasteiger partial charge in [-0.3, -0.25) is 4.57 Å². The van der Waals surface area contributed by atoms with Crippen LogP contribution in [-0.2, 0) is 23.6 Å². The molecule has 0 amide bonds. The summed E-state index contributed by atoms with van der Waals surface area (Å²) in [7, 11) is -7.94. The Kier molecular flexibility index (Phi) is 7.61. The quantitative estimate of drug-likeness (QED) is 0.511. The van der Waals surface area contributed by atoms with Gasteiger partial charge in [-0.15, -0.1) is 0 Å². The molecule has 0 N–H and O–H groups in total. The number of allylic oxidation sites excluding steroid dienone is 1. The van der Waals surface area contributed by atoms with Crippen molar-refractivity contribution in [3.8, 4) is 0 Å². The van der Waals surface area contributed by atoms with E-state index in [0.29, 0.717) is 5.69 Å². The van der Waals surface area contributed by atoms with Crippen molar-refractivity contribution in [3.63, 3.8) is 0 Å². The summed E-state index contributed by atoms with van der Waals surface area (Å²) in [5.74, 6) is 0. The largest absolute Gasteiger partial charge is 0.378 e. The van der Waals surface area contributed by atoms with Gasteiger partial charge in [0.1, 0.15) is 5.44 Å². The number of nitrogens with zero attached hydrogens (tertiary/aromatic N) is 1. The zero-order valence-corrected chi connectivity index (χ0v) is 18.2. The first kappa shape index (κ1) is 22.4. The van der Waals surface area contributed by atoms with Crippen LogP contribution in [0.2, 0.25) is 0 Å². The van der Waals surface area contributed by atoms with E-state index in [0.717, 1.165) is 9.87 Å². The highest BCUT2D eigenvalue weighted by atomic mass is 32.2. The molecule has 8 heteroatoms. The van der Waals surface area contributed by atoms with E-state index >= 15 is 0 Å². The average molecular weight is 423 g/mol. The minimum Gasteiger partial charge on any atom is -0.304 e. The highest BCUT2D eigenvalue weighted by Gasteiger charge is 2.40. The van der Waals surface area contributed by atoms with Crippen LogP contribution in [0.1, 0.15) is 26.3 Å². The van der Waals surface area contributed by atoms with E-state index in [2.05, 4.69) is 0 Å². The molecule has 0 aliphatic carbocycles. The number of anilines is 1. The maximum Gasteiger partial charge on any atom is 0.378 e. The van der Waals surface area contributed by atoms with Crippen molar-refractivity contribution in [2.45, 2.75) is 32.6 Å². The predicted octanol–water partition coefficient (Wildman–Crippen LogP) is 5.32. The summed E-state index contributed by atoms with van der Waals surface area (Å²) >= 11 is 0. The molecule has 0 saturated heterocycles. The summed E-state index contributed by atoms with van der Waals surface area (Å²) in [6.07, 6.45) is 1.46. The second-order valence-corrected chi connectivity index (χ2v) is 9.65. The van der Waals surface area contributed by atoms with Crippen LogP contribution in [0, 0.1) is 6.92 Å². The zero-order valence-electron chi connectivity index (χ0n) is 16.5. The van der Waals surface area contributed by atoms with Gasteiger partial charge in [-0.1, -0.05) is 42.0 Å². The van der Waals surface area contributed by atoms with Gasteiger partial charge in [0, 0.05) is 0 Å². The topological polar surface area (TPSA) is 72.9 Å². The molecule has 0 fully saturated rings. The molecule has 0 atom stereocenters. The van der Waals surface area contributed by atoms with Crippen molar-refractivity contribution in [2.75, 3.05) is 17.5 Å². The number of aryl methyl sites for hydroxylation is 1. The molecule has 0 aromatic heterocycles. The van der Waals surface area contributed by atoms with E-state index in [1.54, 1.807) is 63.2 Å². The number of hydrogen-bond donors (Lipinski definition) is 0. The first-order valence-corrected chi connectivity index (χ1v) is 12.0. The van der Waals surface area contributed by atoms with E-state index < -0.39 is 17.6 Å². The van der Waals surface area contributed by atoms with Crippen molar-refractivity contribution in [2.24, 2.45) is 0 Å². The number of sulfonamides is 1. The lowest BCUT2D eigenvalue weighted by molar-refractivity contribution is 0.226. The Morgan fingerprint density at radius 3 is 2.00 bits per heavy atom. The van der Waals surface area contributed by atoms with E-state index in [4.69, 9.17) is 9.05 Å². The van der Waals surface area contributed by atoms with Gasteiger partial charge >= 0.3 is 7.60 Å². The molecule has 0 bridgehead atoms. The van der Waals surface area contributed by atoms with Crippen molar-refractivity contribution < 1.29 is 22.0 Å². The maximum absolute atomic E-state index is 13.6. The van der Waals surface area contributed by atoms with Crippen LogP contribution in [0.4, 0.5) is 5.69 Å². The van der Waals surface area contributed by atoms with Gasteiger partial charge in [-0.05, 0) is 52.0 Å². The summed E-state index contributed by atoms with van der Waals surface area (Å²) in [6.45, 7) is 7.08. The van der Waals surface area contributed by atoms with Gasteiger partial charge in [0.15, 0.2) is 0 Å². The van der Waals surface area contributed by atoms with Gasteiger partial charge in [0.2, 0.25) is 0 Å². The van der Waals surface area contributed by atoms with Crippen LogP contribution < -0.4 is 4.31 Å². The highest BCUT2D eigenvalue weighted by molar-refractivity contribution is 7.93. The Morgan fingerprint density at radius 2 is 1.54 bits per heavy atom. The van der Waals surface area contributed by atoms with Crippen LogP contribution in [0.5, 0.6) is 0 Å². The molecule has 0 radical (unpaired) electrons. The lowest BCUT2D eigenvalue weighted by Gasteiger charge is -2.30. The normalized spacial score (nSPS) is 12.8. The standard InChI is InChI=1S/C20H26NO5PS/c1-5-20(27(22,25-6-2)26-7-3)21(18-11-9-8-10-12-18)28(23,24)19-15-13-17(4)14-16-19/h5,8-16H,6-7H2,1-4H3/b20-5-. The smallest absolute Gasteiger partial charge is 0.304 e. The van der Waals surface area contributed by atoms with Gasteiger partial charge < -0.3 is 9.05 Å². The number of para-hydroxylation sites is 1. The molecule has 0 saturated carbocycles. The minimum absolute atomic E-state index is 0.0389. The van der Waals surface area contributed by atoms with E-state index in [1.165, 1.54) is 18.2 Å². The van der Waals surface area contributed by atoms with E-state index in [1.807, 2.05) is 6.92 Å². The third kappa shape index (κ3) is 4.73. The van der Waals surface area contributed by atoms with Gasteiger partial charge in [-0.25, -0.2) is 12.7 Å². The number of rotatable bonds is 9. The van der Waals surface area contributed by atoms with Crippen LogP contribution in [-0.4, -0.2) is 21.6 Å². The fourth-order valence-electron chi connectivity index (χ4n) is 2.67. The first-order valence-electron chi connectivity index (χ1n) is 9.03. The van der Waals surface area contributed by atoms with Gasteiger partial charge in [0.05, 0.1) is 23.8 Å². The Morgan fingerprint density at radius 1 is 1.00 bits per heavy atom. The molecular weight excluding hydrogens is 397 g/mol. The SMILES string of the molecule is C/C=C(/N(c1ccccc1)S(=O)(=O)c1ccc(C)cc1)P(=O)(OCC)OCC. The monoisotopic (exact) mass is 423 g/mol. The minimum atomic E-state index is -4.07. The second-order valence-electron chi connectivity index (χ2n) is 5.90. The molecule has 2 aromatic rings. The molecule has 0 unspecified atom stereocenters. The molecule has 0 aliphatic heterocycles. The molecule has 0 spiro atoms. The Hall–Kier alpha value is -1.92. The summed E-state index contributed by atoms with van der Waals surface area (Å²) in [5.41, 5.74) is 1.24. The predicted molar refractivity (Wildman–Crippen MR) is 112 cm³/mol. The second kappa shape index (κ2) is 9.52. The summed E-state index contributed by atoms with van der Waals surface area (Å²) < 4.78 is 52.5.